The molecule has 8 heteroatoms. The summed E-state index contributed by atoms with van der Waals surface area (Å²) in [4.78, 5) is 27.3. The predicted molar refractivity (Wildman–Crippen MR) is 118 cm³/mol. The number of nitrogens with zero attached hydrogens (tertiary/aromatic N) is 1. The topological polar surface area (TPSA) is 94.5 Å². The first-order chi connectivity index (χ1) is 15.4. The maximum Gasteiger partial charge on any atom is 0.295 e. The van der Waals surface area contributed by atoms with Crippen LogP contribution in [0, 0.1) is 6.92 Å². The number of aliphatic hydroxyl groups excluding tert-OH is 1. The lowest BCUT2D eigenvalue weighted by Crippen LogP contribution is -2.32. The molecular weight excluding hydrogens is 414 g/mol. The average molecular weight is 441 g/mol. The number of ether oxygens (including phenoxy) is 4. The number of likely N-dealkylation sites (tertiary alicyclic amines) is 1. The zero-order chi connectivity index (χ0) is 23.4. The number of ketones is 1. The Morgan fingerprint density at radius 2 is 1.56 bits per heavy atom. The number of carbonyl (C=O) groups excluding carboxylic acids is 2. The Morgan fingerprint density at radius 1 is 0.969 bits per heavy atom. The molecule has 1 atom stereocenters. The number of aliphatic hydroxyl groups is 1. The summed E-state index contributed by atoms with van der Waals surface area (Å²) in [5, 5.41) is 11.1. The molecular formula is C24H27NO7. The molecule has 1 saturated heterocycles. The van der Waals surface area contributed by atoms with E-state index in [2.05, 4.69) is 0 Å². The van der Waals surface area contributed by atoms with Gasteiger partial charge in [-0.15, -0.1) is 0 Å². The fourth-order valence-corrected chi connectivity index (χ4v) is 3.77. The summed E-state index contributed by atoms with van der Waals surface area (Å²) in [5.74, 6) is -0.607. The zero-order valence-corrected chi connectivity index (χ0v) is 18.8. The molecule has 2 aromatic carbocycles. The Kier molecular flexibility index (Phi) is 7.05. The molecule has 1 amide bonds. The molecule has 1 aliphatic rings. The minimum atomic E-state index is -0.861. The lowest BCUT2D eigenvalue weighted by molar-refractivity contribution is -0.140. The first-order valence-corrected chi connectivity index (χ1v) is 10.0. The van der Waals surface area contributed by atoms with E-state index in [9.17, 15) is 14.7 Å². The van der Waals surface area contributed by atoms with Gasteiger partial charge in [-0.05, 0) is 24.6 Å². The number of hydrogen-bond acceptors (Lipinski definition) is 7. The summed E-state index contributed by atoms with van der Waals surface area (Å²) in [6.45, 7) is 2.30. The molecule has 2 aromatic rings. The second-order valence-electron chi connectivity index (χ2n) is 7.31. The van der Waals surface area contributed by atoms with Crippen molar-refractivity contribution in [3.05, 3.63) is 58.7 Å². The summed E-state index contributed by atoms with van der Waals surface area (Å²) in [7, 11) is 5.96. The molecule has 3 rings (SSSR count). The molecule has 1 aliphatic heterocycles. The number of Topliss-reactive ketones (excluding diaryl/α,β-unsaturated/α-hetero) is 1. The number of methoxy groups -OCH3 is 4. The minimum Gasteiger partial charge on any atom is -0.507 e. The van der Waals surface area contributed by atoms with Crippen LogP contribution in [0.1, 0.15) is 22.7 Å². The second-order valence-corrected chi connectivity index (χ2v) is 7.31. The molecule has 170 valence electrons. The fraction of sp³-hybridized carbons (Fsp3) is 0.333. The summed E-state index contributed by atoms with van der Waals surface area (Å²) < 4.78 is 21.4. The van der Waals surface area contributed by atoms with E-state index in [4.69, 9.17) is 18.9 Å². The van der Waals surface area contributed by atoms with Crippen LogP contribution >= 0.6 is 0 Å². The molecule has 8 nitrogen and oxygen atoms in total. The number of hydrogen-bond donors (Lipinski definition) is 1. The van der Waals surface area contributed by atoms with Crippen LogP contribution in [0.5, 0.6) is 17.2 Å². The molecule has 0 radical (unpaired) electrons. The number of aryl methyl sites for hydroxylation is 1. The maximum absolute atomic E-state index is 13.0. The van der Waals surface area contributed by atoms with Crippen molar-refractivity contribution in [2.75, 3.05) is 41.6 Å². The lowest BCUT2D eigenvalue weighted by Gasteiger charge is -2.26. The van der Waals surface area contributed by atoms with E-state index in [-0.39, 0.29) is 24.5 Å². The van der Waals surface area contributed by atoms with Crippen molar-refractivity contribution in [2.24, 2.45) is 0 Å². The highest BCUT2D eigenvalue weighted by Gasteiger charge is 2.46. The van der Waals surface area contributed by atoms with E-state index in [0.29, 0.717) is 28.4 Å². The third-order valence-corrected chi connectivity index (χ3v) is 5.40. The van der Waals surface area contributed by atoms with Gasteiger partial charge >= 0.3 is 0 Å². The van der Waals surface area contributed by atoms with Gasteiger partial charge in [0.25, 0.3) is 11.7 Å². The molecule has 1 fully saturated rings. The van der Waals surface area contributed by atoms with Gasteiger partial charge in [0, 0.05) is 19.2 Å². The van der Waals surface area contributed by atoms with Gasteiger partial charge in [0.05, 0.1) is 39.6 Å². The maximum atomic E-state index is 13.0. The van der Waals surface area contributed by atoms with E-state index in [1.807, 2.05) is 19.1 Å². The molecule has 0 bridgehead atoms. The molecule has 0 unspecified atom stereocenters. The van der Waals surface area contributed by atoms with Crippen molar-refractivity contribution in [1.82, 2.24) is 4.90 Å². The smallest absolute Gasteiger partial charge is 0.295 e. The van der Waals surface area contributed by atoms with Gasteiger partial charge in [-0.3, -0.25) is 9.59 Å². The Balaban J connectivity index is 2.25. The van der Waals surface area contributed by atoms with Crippen molar-refractivity contribution in [1.29, 1.82) is 0 Å². The number of amides is 1. The van der Waals surface area contributed by atoms with Crippen LogP contribution in [0.25, 0.3) is 5.76 Å². The van der Waals surface area contributed by atoms with Crippen LogP contribution in [-0.2, 0) is 14.3 Å². The standard InChI is InChI=1S/C24H27NO7/c1-14-6-8-15(9-7-14)21(26)19-20(25(10-11-29-2)24(28)22(19)27)16-12-17(30-3)23(32-5)18(13-16)31-4/h6-9,12-13,20,26H,10-11H2,1-5H3/b21-19+/t20-/m1/s1. The quantitative estimate of drug-likeness (QED) is 0.382. The number of rotatable bonds is 8. The average Bonchev–Trinajstić information content (AvgIpc) is 3.06. The molecule has 32 heavy (non-hydrogen) atoms. The van der Waals surface area contributed by atoms with Crippen LogP contribution in [0.15, 0.2) is 42.0 Å². The van der Waals surface area contributed by atoms with E-state index in [0.717, 1.165) is 5.56 Å². The number of benzene rings is 2. The predicted octanol–water partition coefficient (Wildman–Crippen LogP) is 3.09. The summed E-state index contributed by atoms with van der Waals surface area (Å²) in [6, 6.07) is 9.54. The van der Waals surface area contributed by atoms with Crippen molar-refractivity contribution >= 4 is 17.4 Å². The van der Waals surface area contributed by atoms with Crippen LogP contribution in [0.3, 0.4) is 0 Å². The van der Waals surface area contributed by atoms with Crippen LogP contribution in [-0.4, -0.2) is 63.3 Å². The molecule has 0 aliphatic carbocycles. The van der Waals surface area contributed by atoms with E-state index in [1.54, 1.807) is 24.3 Å². The summed E-state index contributed by atoms with van der Waals surface area (Å²) in [6.07, 6.45) is 0. The molecule has 0 spiro atoms. The van der Waals surface area contributed by atoms with E-state index < -0.39 is 17.7 Å². The Morgan fingerprint density at radius 3 is 2.06 bits per heavy atom. The van der Waals surface area contributed by atoms with Crippen LogP contribution < -0.4 is 14.2 Å². The first kappa shape index (κ1) is 23.1. The highest BCUT2D eigenvalue weighted by Crippen LogP contribution is 2.45. The van der Waals surface area contributed by atoms with Gasteiger partial charge in [-0.25, -0.2) is 0 Å². The van der Waals surface area contributed by atoms with Crippen molar-refractivity contribution in [2.45, 2.75) is 13.0 Å². The zero-order valence-electron chi connectivity index (χ0n) is 18.8. The Bertz CT molecular complexity index is 1020. The van der Waals surface area contributed by atoms with Gasteiger partial charge in [0.15, 0.2) is 11.5 Å². The van der Waals surface area contributed by atoms with Crippen molar-refractivity contribution in [3.8, 4) is 17.2 Å². The SMILES string of the molecule is COCCN1C(=O)C(=O)/C(=C(/O)c2ccc(C)cc2)[C@H]1c1cc(OC)c(OC)c(OC)c1. The first-order valence-electron chi connectivity index (χ1n) is 10.0. The monoisotopic (exact) mass is 441 g/mol. The summed E-state index contributed by atoms with van der Waals surface area (Å²) >= 11 is 0. The molecule has 0 aromatic heterocycles. The molecule has 1 N–H and O–H groups in total. The molecule has 1 heterocycles. The largest absolute Gasteiger partial charge is 0.507 e. The van der Waals surface area contributed by atoms with Crippen molar-refractivity contribution < 1.29 is 33.6 Å². The lowest BCUT2D eigenvalue weighted by atomic mass is 9.94. The normalized spacial score (nSPS) is 17.5. The highest BCUT2D eigenvalue weighted by molar-refractivity contribution is 6.46. The Labute approximate surface area is 187 Å². The second kappa shape index (κ2) is 9.74. The van der Waals surface area contributed by atoms with Crippen LogP contribution in [0.2, 0.25) is 0 Å². The highest BCUT2D eigenvalue weighted by atomic mass is 16.5. The molecule has 0 saturated carbocycles. The van der Waals surface area contributed by atoms with Gasteiger partial charge in [0.1, 0.15) is 5.76 Å². The van der Waals surface area contributed by atoms with Gasteiger partial charge in [0.2, 0.25) is 5.75 Å². The van der Waals surface area contributed by atoms with Gasteiger partial charge in [-0.2, -0.15) is 0 Å². The summed E-state index contributed by atoms with van der Waals surface area (Å²) in [5.41, 5.74) is 1.97. The van der Waals surface area contributed by atoms with Gasteiger partial charge in [-0.1, -0.05) is 29.8 Å². The van der Waals surface area contributed by atoms with Crippen molar-refractivity contribution in [3.63, 3.8) is 0 Å². The third-order valence-electron chi connectivity index (χ3n) is 5.40. The number of carbonyl (C=O) groups is 2. The van der Waals surface area contributed by atoms with Crippen LogP contribution in [0.4, 0.5) is 0 Å². The fourth-order valence-electron chi connectivity index (χ4n) is 3.77. The van der Waals surface area contributed by atoms with E-state index in [1.165, 1.54) is 33.3 Å². The Hall–Kier alpha value is -3.52. The van der Waals surface area contributed by atoms with Gasteiger partial charge < -0.3 is 29.0 Å². The third kappa shape index (κ3) is 4.13. The van der Waals surface area contributed by atoms with E-state index >= 15 is 0 Å². The minimum absolute atomic E-state index is 0.00997.